The SMILES string of the molecule is COc1ccc(C(c2cccc(OCc3ccccc3)c2)N2CCCNCC2)c(OC)c1. The van der Waals surface area contributed by atoms with Gasteiger partial charge in [0.2, 0.25) is 0 Å². The molecular weight excluding hydrogens is 400 g/mol. The van der Waals surface area contributed by atoms with E-state index in [2.05, 4.69) is 46.6 Å². The Morgan fingerprint density at radius 1 is 0.844 bits per heavy atom. The molecule has 1 aliphatic rings. The molecule has 4 rings (SSSR count). The fourth-order valence-corrected chi connectivity index (χ4v) is 4.27. The molecule has 3 aromatic rings. The van der Waals surface area contributed by atoms with Gasteiger partial charge in [-0.1, -0.05) is 42.5 Å². The van der Waals surface area contributed by atoms with E-state index in [4.69, 9.17) is 14.2 Å². The first-order chi connectivity index (χ1) is 15.8. The molecule has 5 nitrogen and oxygen atoms in total. The smallest absolute Gasteiger partial charge is 0.127 e. The van der Waals surface area contributed by atoms with Gasteiger partial charge in [-0.3, -0.25) is 4.90 Å². The molecule has 0 radical (unpaired) electrons. The van der Waals surface area contributed by atoms with Crippen LogP contribution in [-0.4, -0.2) is 45.3 Å². The maximum Gasteiger partial charge on any atom is 0.127 e. The molecule has 1 saturated heterocycles. The highest BCUT2D eigenvalue weighted by molar-refractivity contribution is 5.47. The van der Waals surface area contributed by atoms with Crippen LogP contribution >= 0.6 is 0 Å². The normalized spacial score (nSPS) is 15.6. The Balaban J connectivity index is 1.67. The summed E-state index contributed by atoms with van der Waals surface area (Å²) in [6.07, 6.45) is 1.11. The van der Waals surface area contributed by atoms with E-state index in [1.807, 2.05) is 36.4 Å². The standard InChI is InChI=1S/C27H32N2O3/c1-30-23-12-13-25(26(19-23)31-2)27(29-16-7-14-28-15-17-29)22-10-6-11-24(18-22)32-20-21-8-4-3-5-9-21/h3-6,8-13,18-19,27-28H,7,14-17,20H2,1-2H3. The second kappa shape index (κ2) is 11.0. The molecule has 0 aromatic heterocycles. The van der Waals surface area contributed by atoms with Crippen molar-refractivity contribution in [2.75, 3.05) is 40.4 Å². The molecule has 3 aromatic carbocycles. The van der Waals surface area contributed by atoms with Gasteiger partial charge in [0.05, 0.1) is 20.3 Å². The Labute approximate surface area is 190 Å². The third-order valence-corrected chi connectivity index (χ3v) is 5.90. The lowest BCUT2D eigenvalue weighted by molar-refractivity contribution is 0.235. The largest absolute Gasteiger partial charge is 0.497 e. The van der Waals surface area contributed by atoms with Crippen molar-refractivity contribution in [3.63, 3.8) is 0 Å². The molecule has 0 bridgehead atoms. The van der Waals surface area contributed by atoms with Crippen LogP contribution in [0.4, 0.5) is 0 Å². The van der Waals surface area contributed by atoms with E-state index in [9.17, 15) is 0 Å². The zero-order valence-electron chi connectivity index (χ0n) is 18.9. The van der Waals surface area contributed by atoms with Crippen LogP contribution in [0, 0.1) is 0 Å². The van der Waals surface area contributed by atoms with E-state index < -0.39 is 0 Å². The fourth-order valence-electron chi connectivity index (χ4n) is 4.27. The monoisotopic (exact) mass is 432 g/mol. The van der Waals surface area contributed by atoms with Gasteiger partial charge in [-0.25, -0.2) is 0 Å². The van der Waals surface area contributed by atoms with Crippen molar-refractivity contribution in [1.29, 1.82) is 0 Å². The number of benzene rings is 3. The first kappa shape index (κ1) is 22.2. The van der Waals surface area contributed by atoms with Gasteiger partial charge >= 0.3 is 0 Å². The van der Waals surface area contributed by atoms with Gasteiger partial charge in [0.1, 0.15) is 23.9 Å². The topological polar surface area (TPSA) is 43.0 Å². The van der Waals surface area contributed by atoms with Crippen LogP contribution in [-0.2, 0) is 6.61 Å². The van der Waals surface area contributed by atoms with Crippen molar-refractivity contribution in [2.45, 2.75) is 19.1 Å². The molecule has 32 heavy (non-hydrogen) atoms. The molecule has 1 unspecified atom stereocenters. The fraction of sp³-hybridized carbons (Fsp3) is 0.333. The molecule has 168 valence electrons. The molecule has 1 aliphatic heterocycles. The van der Waals surface area contributed by atoms with Crippen molar-refractivity contribution >= 4 is 0 Å². The quantitative estimate of drug-likeness (QED) is 0.560. The molecule has 0 amide bonds. The Kier molecular flexibility index (Phi) is 7.64. The minimum absolute atomic E-state index is 0.0658. The highest BCUT2D eigenvalue weighted by Crippen LogP contribution is 2.38. The first-order valence-corrected chi connectivity index (χ1v) is 11.2. The van der Waals surface area contributed by atoms with Crippen molar-refractivity contribution in [2.24, 2.45) is 0 Å². The van der Waals surface area contributed by atoms with Crippen LogP contribution < -0.4 is 19.5 Å². The molecular formula is C27H32N2O3. The van der Waals surface area contributed by atoms with Crippen LogP contribution in [0.2, 0.25) is 0 Å². The second-order valence-corrected chi connectivity index (χ2v) is 8.00. The first-order valence-electron chi connectivity index (χ1n) is 11.2. The highest BCUT2D eigenvalue weighted by Gasteiger charge is 2.26. The number of nitrogens with one attached hydrogen (secondary N) is 1. The van der Waals surface area contributed by atoms with Gasteiger partial charge in [-0.15, -0.1) is 0 Å². The Morgan fingerprint density at radius 2 is 1.72 bits per heavy atom. The van der Waals surface area contributed by atoms with E-state index in [1.165, 1.54) is 5.56 Å². The van der Waals surface area contributed by atoms with Gasteiger partial charge in [0.25, 0.3) is 0 Å². The lowest BCUT2D eigenvalue weighted by Gasteiger charge is -2.32. The maximum absolute atomic E-state index is 6.14. The summed E-state index contributed by atoms with van der Waals surface area (Å²) in [5, 5.41) is 3.51. The number of rotatable bonds is 8. The zero-order valence-corrected chi connectivity index (χ0v) is 18.9. The summed E-state index contributed by atoms with van der Waals surface area (Å²) in [5.74, 6) is 2.50. The highest BCUT2D eigenvalue weighted by atomic mass is 16.5. The summed E-state index contributed by atoms with van der Waals surface area (Å²) in [6.45, 7) is 4.55. The number of nitrogens with zero attached hydrogens (tertiary/aromatic N) is 1. The molecule has 0 aliphatic carbocycles. The lowest BCUT2D eigenvalue weighted by atomic mass is 9.95. The second-order valence-electron chi connectivity index (χ2n) is 8.00. The van der Waals surface area contributed by atoms with Crippen LogP contribution in [0.1, 0.15) is 29.2 Å². The van der Waals surface area contributed by atoms with Crippen LogP contribution in [0.5, 0.6) is 17.2 Å². The van der Waals surface area contributed by atoms with Crippen molar-refractivity contribution < 1.29 is 14.2 Å². The average Bonchev–Trinajstić information content (AvgIpc) is 3.13. The number of hydrogen-bond acceptors (Lipinski definition) is 5. The Bertz CT molecular complexity index is 985. The average molecular weight is 433 g/mol. The van der Waals surface area contributed by atoms with E-state index in [0.717, 1.165) is 61.0 Å². The predicted molar refractivity (Wildman–Crippen MR) is 128 cm³/mol. The number of ether oxygens (including phenoxy) is 3. The molecule has 1 heterocycles. The van der Waals surface area contributed by atoms with Gasteiger partial charge < -0.3 is 19.5 Å². The maximum atomic E-state index is 6.14. The molecule has 1 atom stereocenters. The number of methoxy groups -OCH3 is 2. The summed E-state index contributed by atoms with van der Waals surface area (Å²) in [7, 11) is 3.40. The summed E-state index contributed by atoms with van der Waals surface area (Å²) < 4.78 is 17.4. The van der Waals surface area contributed by atoms with Gasteiger partial charge in [-0.05, 0) is 48.4 Å². The zero-order chi connectivity index (χ0) is 22.2. The van der Waals surface area contributed by atoms with Crippen LogP contribution in [0.15, 0.2) is 72.8 Å². The Hall–Kier alpha value is -3.02. The van der Waals surface area contributed by atoms with Crippen LogP contribution in [0.25, 0.3) is 0 Å². The van der Waals surface area contributed by atoms with E-state index >= 15 is 0 Å². The predicted octanol–water partition coefficient (Wildman–Crippen LogP) is 4.67. The van der Waals surface area contributed by atoms with E-state index in [0.29, 0.717) is 6.61 Å². The summed E-state index contributed by atoms with van der Waals surface area (Å²) in [5.41, 5.74) is 3.49. The van der Waals surface area contributed by atoms with Gasteiger partial charge in [-0.2, -0.15) is 0 Å². The molecule has 1 N–H and O–H groups in total. The third-order valence-electron chi connectivity index (χ3n) is 5.90. The van der Waals surface area contributed by atoms with E-state index in [1.54, 1.807) is 14.2 Å². The number of hydrogen-bond donors (Lipinski definition) is 1. The summed E-state index contributed by atoms with van der Waals surface area (Å²) >= 11 is 0. The Morgan fingerprint density at radius 3 is 2.53 bits per heavy atom. The summed E-state index contributed by atoms with van der Waals surface area (Å²) in [6, 6.07) is 24.9. The third kappa shape index (κ3) is 5.42. The molecule has 0 saturated carbocycles. The summed E-state index contributed by atoms with van der Waals surface area (Å²) in [4.78, 5) is 2.53. The van der Waals surface area contributed by atoms with Gasteiger partial charge in [0.15, 0.2) is 0 Å². The molecule has 0 spiro atoms. The minimum atomic E-state index is 0.0658. The molecule has 1 fully saturated rings. The van der Waals surface area contributed by atoms with E-state index in [-0.39, 0.29) is 6.04 Å². The van der Waals surface area contributed by atoms with Crippen molar-refractivity contribution in [1.82, 2.24) is 10.2 Å². The van der Waals surface area contributed by atoms with Crippen molar-refractivity contribution in [3.05, 3.63) is 89.5 Å². The minimum Gasteiger partial charge on any atom is -0.497 e. The van der Waals surface area contributed by atoms with Crippen LogP contribution in [0.3, 0.4) is 0 Å². The van der Waals surface area contributed by atoms with Crippen molar-refractivity contribution in [3.8, 4) is 17.2 Å². The lowest BCUT2D eigenvalue weighted by Crippen LogP contribution is -2.33. The van der Waals surface area contributed by atoms with Gasteiger partial charge in [0, 0.05) is 31.3 Å². The molecule has 5 heteroatoms.